The van der Waals surface area contributed by atoms with Crippen LogP contribution in [0.1, 0.15) is 42.2 Å². The van der Waals surface area contributed by atoms with Crippen molar-refractivity contribution in [3.05, 3.63) is 59.7 Å². The second-order valence-corrected chi connectivity index (χ2v) is 6.61. The number of ether oxygens (including phenoxy) is 1. The molecule has 2 aromatic carbocycles. The highest BCUT2D eigenvalue weighted by molar-refractivity contribution is 5.99. The van der Waals surface area contributed by atoms with Gasteiger partial charge in [0.25, 0.3) is 11.8 Å². The minimum Gasteiger partial charge on any atom is -0.482 e. The van der Waals surface area contributed by atoms with Crippen molar-refractivity contribution in [1.82, 2.24) is 5.32 Å². The predicted molar refractivity (Wildman–Crippen MR) is 96.7 cm³/mol. The van der Waals surface area contributed by atoms with Gasteiger partial charge in [-0.05, 0) is 36.1 Å². The maximum absolute atomic E-state index is 12.7. The lowest BCUT2D eigenvalue weighted by molar-refractivity contribution is -0.118. The fourth-order valence-corrected chi connectivity index (χ4v) is 2.89. The first-order valence-electron chi connectivity index (χ1n) is 8.45. The number of hydrogen-bond acceptors (Lipinski definition) is 3. The molecule has 1 atom stereocenters. The number of rotatable bonds is 5. The van der Waals surface area contributed by atoms with E-state index in [-0.39, 0.29) is 24.5 Å². The molecule has 2 N–H and O–H groups in total. The zero-order valence-electron chi connectivity index (χ0n) is 14.4. The van der Waals surface area contributed by atoms with Crippen LogP contribution in [0.3, 0.4) is 0 Å². The summed E-state index contributed by atoms with van der Waals surface area (Å²) in [5, 5.41) is 5.84. The average Bonchev–Trinajstić information content (AvgIpc) is 2.61. The van der Waals surface area contributed by atoms with Crippen LogP contribution in [0.4, 0.5) is 5.69 Å². The Kier molecular flexibility index (Phi) is 5.03. The number of hydrogen-bond donors (Lipinski definition) is 2. The van der Waals surface area contributed by atoms with Crippen LogP contribution in [0.5, 0.6) is 5.75 Å². The Labute approximate surface area is 147 Å². The lowest BCUT2D eigenvalue weighted by Crippen LogP contribution is -2.30. The van der Waals surface area contributed by atoms with E-state index in [1.54, 1.807) is 18.2 Å². The normalized spacial score (nSPS) is 14.3. The number of amides is 2. The fraction of sp³-hybridized carbons (Fsp3) is 0.300. The van der Waals surface area contributed by atoms with Crippen molar-refractivity contribution < 1.29 is 14.3 Å². The third-order valence-electron chi connectivity index (χ3n) is 4.09. The van der Waals surface area contributed by atoms with Crippen LogP contribution in [-0.4, -0.2) is 18.4 Å². The molecule has 3 rings (SSSR count). The first kappa shape index (κ1) is 17.0. The van der Waals surface area contributed by atoms with Crippen molar-refractivity contribution in [2.24, 2.45) is 5.92 Å². The van der Waals surface area contributed by atoms with Gasteiger partial charge < -0.3 is 15.4 Å². The highest BCUT2D eigenvalue weighted by Crippen LogP contribution is 2.29. The highest BCUT2D eigenvalue weighted by Gasteiger charge is 2.20. The quantitative estimate of drug-likeness (QED) is 0.876. The number of carbonyl (C=O) groups is 2. The van der Waals surface area contributed by atoms with Crippen molar-refractivity contribution in [2.45, 2.75) is 26.3 Å². The summed E-state index contributed by atoms with van der Waals surface area (Å²) < 4.78 is 5.39. The van der Waals surface area contributed by atoms with Crippen LogP contribution in [0, 0.1) is 5.92 Å². The molecule has 2 aromatic rings. The minimum absolute atomic E-state index is 0.0297. The van der Waals surface area contributed by atoms with Crippen molar-refractivity contribution in [1.29, 1.82) is 0 Å². The molecule has 0 fully saturated rings. The second kappa shape index (κ2) is 7.38. The van der Waals surface area contributed by atoms with Crippen molar-refractivity contribution in [3.8, 4) is 5.75 Å². The molecule has 0 spiro atoms. The van der Waals surface area contributed by atoms with Crippen LogP contribution in [0.15, 0.2) is 48.5 Å². The smallest absolute Gasteiger partial charge is 0.262 e. The van der Waals surface area contributed by atoms with Gasteiger partial charge in [0.05, 0.1) is 11.7 Å². The Morgan fingerprint density at radius 3 is 2.68 bits per heavy atom. The Morgan fingerprint density at radius 1 is 1.20 bits per heavy atom. The maximum Gasteiger partial charge on any atom is 0.262 e. The molecule has 1 heterocycles. The highest BCUT2D eigenvalue weighted by atomic mass is 16.5. The number of nitrogens with one attached hydrogen (secondary N) is 2. The Hall–Kier alpha value is -2.82. The molecule has 2 amide bonds. The number of benzene rings is 2. The fourth-order valence-electron chi connectivity index (χ4n) is 2.89. The van der Waals surface area contributed by atoms with E-state index in [2.05, 4.69) is 24.5 Å². The second-order valence-electron chi connectivity index (χ2n) is 6.61. The van der Waals surface area contributed by atoms with E-state index in [4.69, 9.17) is 4.74 Å². The molecule has 0 saturated carbocycles. The summed E-state index contributed by atoms with van der Waals surface area (Å²) in [5.74, 6) is 0.628. The standard InChI is InChI=1S/C20H22N2O3/c1-13(2)10-17(14-6-4-3-5-7-14)22-20(24)15-8-9-16-18(11-15)25-12-19(23)21-16/h3-9,11,13,17H,10,12H2,1-2H3,(H,21,23)(H,22,24)/t17-/m1/s1. The zero-order valence-corrected chi connectivity index (χ0v) is 14.4. The lowest BCUT2D eigenvalue weighted by atomic mass is 9.96. The van der Waals surface area contributed by atoms with Gasteiger partial charge in [-0.3, -0.25) is 9.59 Å². The summed E-state index contributed by atoms with van der Waals surface area (Å²) >= 11 is 0. The van der Waals surface area contributed by atoms with E-state index >= 15 is 0 Å². The van der Waals surface area contributed by atoms with Gasteiger partial charge in [-0.15, -0.1) is 0 Å². The van der Waals surface area contributed by atoms with Gasteiger partial charge in [-0.2, -0.15) is 0 Å². The summed E-state index contributed by atoms with van der Waals surface area (Å²) in [5.41, 5.74) is 2.19. The number of fused-ring (bicyclic) bond motifs is 1. The molecule has 0 radical (unpaired) electrons. The Morgan fingerprint density at radius 2 is 1.96 bits per heavy atom. The maximum atomic E-state index is 12.7. The van der Waals surface area contributed by atoms with E-state index in [0.29, 0.717) is 22.9 Å². The molecule has 0 unspecified atom stereocenters. The molecule has 0 saturated heterocycles. The zero-order chi connectivity index (χ0) is 17.8. The Bertz CT molecular complexity index is 772. The largest absolute Gasteiger partial charge is 0.482 e. The lowest BCUT2D eigenvalue weighted by Gasteiger charge is -2.22. The summed E-state index contributed by atoms with van der Waals surface area (Å²) in [4.78, 5) is 24.0. The third kappa shape index (κ3) is 4.18. The van der Waals surface area contributed by atoms with Gasteiger partial charge in [0.1, 0.15) is 5.75 Å². The molecule has 0 aromatic heterocycles. The first-order chi connectivity index (χ1) is 12.0. The van der Waals surface area contributed by atoms with Gasteiger partial charge in [-0.1, -0.05) is 44.2 Å². The van der Waals surface area contributed by atoms with Gasteiger partial charge in [0, 0.05) is 5.56 Å². The van der Waals surface area contributed by atoms with Crippen molar-refractivity contribution in [3.63, 3.8) is 0 Å². The van der Waals surface area contributed by atoms with Gasteiger partial charge in [0.2, 0.25) is 0 Å². The monoisotopic (exact) mass is 338 g/mol. The predicted octanol–water partition coefficient (Wildman–Crippen LogP) is 3.53. The van der Waals surface area contributed by atoms with Crippen LogP contribution in [-0.2, 0) is 4.79 Å². The molecule has 130 valence electrons. The molecular formula is C20H22N2O3. The number of carbonyl (C=O) groups excluding carboxylic acids is 2. The van der Waals surface area contributed by atoms with E-state index < -0.39 is 0 Å². The van der Waals surface area contributed by atoms with E-state index in [9.17, 15) is 9.59 Å². The van der Waals surface area contributed by atoms with Gasteiger partial charge in [-0.25, -0.2) is 0 Å². The average molecular weight is 338 g/mol. The molecule has 1 aliphatic heterocycles. The molecule has 0 bridgehead atoms. The molecule has 5 heteroatoms. The van der Waals surface area contributed by atoms with Crippen LogP contribution < -0.4 is 15.4 Å². The molecule has 1 aliphatic rings. The van der Waals surface area contributed by atoms with E-state index in [0.717, 1.165) is 12.0 Å². The van der Waals surface area contributed by atoms with Crippen LogP contribution >= 0.6 is 0 Å². The van der Waals surface area contributed by atoms with Crippen molar-refractivity contribution in [2.75, 3.05) is 11.9 Å². The molecular weight excluding hydrogens is 316 g/mol. The summed E-state index contributed by atoms with van der Waals surface area (Å²) in [7, 11) is 0. The topological polar surface area (TPSA) is 67.4 Å². The van der Waals surface area contributed by atoms with E-state index in [1.807, 2.05) is 30.3 Å². The molecule has 0 aliphatic carbocycles. The van der Waals surface area contributed by atoms with Crippen molar-refractivity contribution >= 4 is 17.5 Å². The first-order valence-corrected chi connectivity index (χ1v) is 8.45. The van der Waals surface area contributed by atoms with Crippen LogP contribution in [0.2, 0.25) is 0 Å². The van der Waals surface area contributed by atoms with Gasteiger partial charge >= 0.3 is 0 Å². The molecule has 25 heavy (non-hydrogen) atoms. The van der Waals surface area contributed by atoms with E-state index in [1.165, 1.54) is 0 Å². The Balaban J connectivity index is 1.78. The minimum atomic E-state index is -0.189. The SMILES string of the molecule is CC(C)C[C@@H](NC(=O)c1ccc2c(c1)OCC(=O)N2)c1ccccc1. The summed E-state index contributed by atoms with van der Waals surface area (Å²) in [6.07, 6.45) is 0.854. The summed E-state index contributed by atoms with van der Waals surface area (Å²) in [6.45, 7) is 4.24. The molecule has 5 nitrogen and oxygen atoms in total. The summed E-state index contributed by atoms with van der Waals surface area (Å²) in [6, 6.07) is 15.0. The third-order valence-corrected chi connectivity index (χ3v) is 4.09. The van der Waals surface area contributed by atoms with Crippen LogP contribution in [0.25, 0.3) is 0 Å². The number of anilines is 1. The van der Waals surface area contributed by atoms with Gasteiger partial charge in [0.15, 0.2) is 6.61 Å².